The number of aromatic nitrogens is 6. The number of hydrogen-bond acceptors (Lipinski definition) is 6. The van der Waals surface area contributed by atoms with Crippen LogP contribution in [0.2, 0.25) is 0 Å². The molecule has 1 aromatic carbocycles. The summed E-state index contributed by atoms with van der Waals surface area (Å²) in [6.07, 6.45) is 10.8. The highest BCUT2D eigenvalue weighted by molar-refractivity contribution is 6.00. The van der Waals surface area contributed by atoms with Gasteiger partial charge in [0.1, 0.15) is 11.3 Å². The standard InChI is InChI=1S/C30H23N7O/c1-2-4-19(5-3-1)13-31-14-20-10-22(16-32-15-20)26-12-25-28(17-34-26)36-37-29(25)27-11-24-23(21-7-9-38-18-21)6-8-33-30(24)35-27/h1-12,15-18,31H,13-14H2,(H,33,35)(H,36,37). The lowest BCUT2D eigenvalue weighted by Crippen LogP contribution is -2.12. The lowest BCUT2D eigenvalue weighted by atomic mass is 10.1. The van der Waals surface area contributed by atoms with Crippen LogP contribution in [0.1, 0.15) is 11.1 Å². The lowest BCUT2D eigenvalue weighted by Gasteiger charge is -2.07. The molecule has 38 heavy (non-hydrogen) atoms. The Hall–Kier alpha value is -5.08. The van der Waals surface area contributed by atoms with Crippen LogP contribution in [0.5, 0.6) is 0 Å². The highest BCUT2D eigenvalue weighted by atomic mass is 16.3. The van der Waals surface area contributed by atoms with Crippen molar-refractivity contribution in [2.24, 2.45) is 0 Å². The molecule has 7 rings (SSSR count). The van der Waals surface area contributed by atoms with Gasteiger partial charge < -0.3 is 14.7 Å². The molecule has 0 radical (unpaired) electrons. The summed E-state index contributed by atoms with van der Waals surface area (Å²) in [5.41, 5.74) is 9.55. The second kappa shape index (κ2) is 9.42. The highest BCUT2D eigenvalue weighted by Crippen LogP contribution is 2.34. The normalized spacial score (nSPS) is 11.5. The monoisotopic (exact) mass is 497 g/mol. The van der Waals surface area contributed by atoms with E-state index in [0.29, 0.717) is 0 Å². The fraction of sp³-hybridized carbons (Fsp3) is 0.0667. The van der Waals surface area contributed by atoms with Crippen LogP contribution in [0.3, 0.4) is 0 Å². The minimum Gasteiger partial charge on any atom is -0.472 e. The van der Waals surface area contributed by atoms with Gasteiger partial charge >= 0.3 is 0 Å². The second-order valence-electron chi connectivity index (χ2n) is 9.17. The van der Waals surface area contributed by atoms with Gasteiger partial charge in [-0.3, -0.25) is 15.1 Å². The van der Waals surface area contributed by atoms with Crippen molar-refractivity contribution < 1.29 is 4.42 Å². The van der Waals surface area contributed by atoms with Gasteiger partial charge in [-0.05, 0) is 47.0 Å². The van der Waals surface area contributed by atoms with E-state index >= 15 is 0 Å². The summed E-state index contributed by atoms with van der Waals surface area (Å²) in [5, 5.41) is 13.2. The number of hydrogen-bond donors (Lipinski definition) is 3. The molecular weight excluding hydrogens is 474 g/mol. The minimum absolute atomic E-state index is 0.718. The quantitative estimate of drug-likeness (QED) is 0.245. The number of rotatable bonds is 7. The van der Waals surface area contributed by atoms with Crippen LogP contribution in [0.25, 0.3) is 55.7 Å². The molecule has 6 aromatic heterocycles. The third-order valence-corrected chi connectivity index (χ3v) is 6.66. The van der Waals surface area contributed by atoms with Gasteiger partial charge in [0.25, 0.3) is 0 Å². The Kier molecular flexibility index (Phi) is 5.49. The molecule has 184 valence electrons. The van der Waals surface area contributed by atoms with E-state index in [1.807, 2.05) is 36.8 Å². The highest BCUT2D eigenvalue weighted by Gasteiger charge is 2.16. The zero-order chi connectivity index (χ0) is 25.3. The summed E-state index contributed by atoms with van der Waals surface area (Å²) in [5.74, 6) is 0. The molecule has 0 fully saturated rings. The Morgan fingerprint density at radius 3 is 2.63 bits per heavy atom. The van der Waals surface area contributed by atoms with Crippen molar-refractivity contribution in [2.45, 2.75) is 13.1 Å². The molecular formula is C30H23N7O. The minimum atomic E-state index is 0.718. The number of aromatic amines is 2. The van der Waals surface area contributed by atoms with Gasteiger partial charge in [-0.1, -0.05) is 30.3 Å². The van der Waals surface area contributed by atoms with Crippen molar-refractivity contribution in [3.05, 3.63) is 109 Å². The number of H-pyrrole nitrogens is 2. The predicted octanol–water partition coefficient (Wildman–Crippen LogP) is 6.11. The maximum absolute atomic E-state index is 5.30. The van der Waals surface area contributed by atoms with Gasteiger partial charge in [0.15, 0.2) is 0 Å². The molecule has 8 heteroatoms. The van der Waals surface area contributed by atoms with E-state index in [2.05, 4.69) is 77.9 Å². The van der Waals surface area contributed by atoms with E-state index in [-0.39, 0.29) is 0 Å². The molecule has 6 heterocycles. The van der Waals surface area contributed by atoms with Crippen molar-refractivity contribution in [3.8, 4) is 33.8 Å². The van der Waals surface area contributed by atoms with Gasteiger partial charge in [0.2, 0.25) is 0 Å². The number of pyridine rings is 3. The largest absolute Gasteiger partial charge is 0.472 e. The van der Waals surface area contributed by atoms with Crippen LogP contribution < -0.4 is 5.32 Å². The van der Waals surface area contributed by atoms with Crippen molar-refractivity contribution in [2.75, 3.05) is 0 Å². The first-order valence-corrected chi connectivity index (χ1v) is 12.4. The number of fused-ring (bicyclic) bond motifs is 2. The second-order valence-corrected chi connectivity index (χ2v) is 9.17. The van der Waals surface area contributed by atoms with Gasteiger partial charge in [0.05, 0.1) is 35.6 Å². The average molecular weight is 498 g/mol. The van der Waals surface area contributed by atoms with Crippen molar-refractivity contribution in [3.63, 3.8) is 0 Å². The SMILES string of the molecule is c1ccc(CNCc2cncc(-c3cc4c(-c5cc6c(-c7ccoc7)ccnc6[nH]5)n[nH]c4cn3)c2)cc1. The summed E-state index contributed by atoms with van der Waals surface area (Å²) in [7, 11) is 0. The molecule has 0 saturated carbocycles. The van der Waals surface area contributed by atoms with E-state index in [4.69, 9.17) is 4.42 Å². The zero-order valence-corrected chi connectivity index (χ0v) is 20.3. The maximum atomic E-state index is 5.30. The Bertz CT molecular complexity index is 1850. The first-order valence-electron chi connectivity index (χ1n) is 12.4. The molecule has 0 amide bonds. The van der Waals surface area contributed by atoms with E-state index in [0.717, 1.165) is 74.4 Å². The smallest absolute Gasteiger partial charge is 0.138 e. The third kappa shape index (κ3) is 4.12. The molecule has 0 bridgehead atoms. The maximum Gasteiger partial charge on any atom is 0.138 e. The molecule has 3 N–H and O–H groups in total. The van der Waals surface area contributed by atoms with Crippen molar-refractivity contribution >= 4 is 21.9 Å². The summed E-state index contributed by atoms with van der Waals surface area (Å²) < 4.78 is 5.30. The van der Waals surface area contributed by atoms with Crippen LogP contribution >= 0.6 is 0 Å². The number of nitrogens with zero attached hydrogens (tertiary/aromatic N) is 4. The number of nitrogens with one attached hydrogen (secondary N) is 3. The molecule has 0 atom stereocenters. The topological polar surface area (TPSA) is 108 Å². The van der Waals surface area contributed by atoms with Crippen molar-refractivity contribution in [1.82, 2.24) is 35.5 Å². The van der Waals surface area contributed by atoms with Gasteiger partial charge in [0, 0.05) is 53.6 Å². The predicted molar refractivity (Wildman–Crippen MR) is 147 cm³/mol. The van der Waals surface area contributed by atoms with Gasteiger partial charge in [-0.2, -0.15) is 5.10 Å². The first-order chi connectivity index (χ1) is 18.8. The van der Waals surface area contributed by atoms with Gasteiger partial charge in [-0.25, -0.2) is 4.98 Å². The van der Waals surface area contributed by atoms with Crippen LogP contribution in [0, 0.1) is 0 Å². The van der Waals surface area contributed by atoms with E-state index < -0.39 is 0 Å². The summed E-state index contributed by atoms with van der Waals surface area (Å²) >= 11 is 0. The molecule has 0 unspecified atom stereocenters. The summed E-state index contributed by atoms with van der Waals surface area (Å²) in [4.78, 5) is 17.1. The Morgan fingerprint density at radius 1 is 0.816 bits per heavy atom. The fourth-order valence-electron chi connectivity index (χ4n) is 4.78. The molecule has 0 saturated heterocycles. The Morgan fingerprint density at radius 2 is 1.74 bits per heavy atom. The lowest BCUT2D eigenvalue weighted by molar-refractivity contribution is 0.568. The molecule has 0 aliphatic rings. The number of benzene rings is 1. The van der Waals surface area contributed by atoms with Gasteiger partial charge in [-0.15, -0.1) is 0 Å². The van der Waals surface area contributed by atoms with Crippen LogP contribution in [-0.4, -0.2) is 30.1 Å². The summed E-state index contributed by atoms with van der Waals surface area (Å²) in [6.45, 7) is 1.52. The fourth-order valence-corrected chi connectivity index (χ4v) is 4.78. The summed E-state index contributed by atoms with van der Waals surface area (Å²) in [6, 6.07) is 20.6. The molecule has 0 spiro atoms. The Balaban J connectivity index is 1.20. The molecule has 7 aromatic rings. The van der Waals surface area contributed by atoms with Crippen LogP contribution in [0.4, 0.5) is 0 Å². The average Bonchev–Trinajstić information content (AvgIpc) is 3.73. The van der Waals surface area contributed by atoms with Crippen LogP contribution in [-0.2, 0) is 13.1 Å². The first kappa shape index (κ1) is 22.1. The van der Waals surface area contributed by atoms with E-state index in [1.165, 1.54) is 5.56 Å². The van der Waals surface area contributed by atoms with E-state index in [9.17, 15) is 0 Å². The zero-order valence-electron chi connectivity index (χ0n) is 20.3. The third-order valence-electron chi connectivity index (χ3n) is 6.66. The number of furan rings is 1. The van der Waals surface area contributed by atoms with Crippen LogP contribution in [0.15, 0.2) is 102 Å². The van der Waals surface area contributed by atoms with Crippen molar-refractivity contribution in [1.29, 1.82) is 0 Å². The van der Waals surface area contributed by atoms with E-state index in [1.54, 1.807) is 18.7 Å². The molecule has 0 aliphatic carbocycles. The molecule has 0 aliphatic heterocycles. The Labute approximate surface area is 217 Å². The molecule has 8 nitrogen and oxygen atoms in total.